The molecule has 8 heteroatoms. The molecule has 1 heterocycles. The lowest BCUT2D eigenvalue weighted by molar-refractivity contribution is -0.153. The van der Waals surface area contributed by atoms with Crippen LogP contribution in [0.15, 0.2) is 18.2 Å². The summed E-state index contributed by atoms with van der Waals surface area (Å²) in [5, 5.41) is 11.6. The van der Waals surface area contributed by atoms with Crippen LogP contribution >= 0.6 is 11.6 Å². The quantitative estimate of drug-likeness (QED) is 0.863. The second-order valence-electron chi connectivity index (χ2n) is 6.07. The third-order valence-electron chi connectivity index (χ3n) is 4.67. The fourth-order valence-electron chi connectivity index (χ4n) is 3.11. The van der Waals surface area contributed by atoms with Gasteiger partial charge in [0.1, 0.15) is 11.9 Å². The average molecular weight is 355 g/mol. The van der Waals surface area contributed by atoms with Gasteiger partial charge in [0.2, 0.25) is 11.8 Å². The number of anilines is 1. The number of rotatable bonds is 4. The van der Waals surface area contributed by atoms with Crippen LogP contribution in [-0.4, -0.2) is 35.5 Å². The van der Waals surface area contributed by atoms with Crippen LogP contribution in [0, 0.1) is 17.7 Å². The Morgan fingerprint density at radius 2 is 1.96 bits per heavy atom. The first-order valence-electron chi connectivity index (χ1n) is 7.68. The van der Waals surface area contributed by atoms with Crippen molar-refractivity contribution >= 4 is 35.1 Å². The second-order valence-corrected chi connectivity index (χ2v) is 6.47. The Kier molecular flexibility index (Phi) is 4.45. The van der Waals surface area contributed by atoms with Crippen LogP contribution in [0.3, 0.4) is 0 Å². The van der Waals surface area contributed by atoms with Gasteiger partial charge in [-0.15, -0.1) is 0 Å². The van der Waals surface area contributed by atoms with Gasteiger partial charge >= 0.3 is 5.97 Å². The van der Waals surface area contributed by atoms with Crippen molar-refractivity contribution in [3.8, 4) is 0 Å². The molecule has 6 nitrogen and oxygen atoms in total. The highest BCUT2D eigenvalue weighted by Gasteiger charge is 2.43. The Labute approximate surface area is 142 Å². The van der Waals surface area contributed by atoms with E-state index in [-0.39, 0.29) is 10.9 Å². The van der Waals surface area contributed by atoms with Crippen molar-refractivity contribution in [2.24, 2.45) is 11.8 Å². The molecular weight excluding hydrogens is 339 g/mol. The molecule has 24 heavy (non-hydrogen) atoms. The molecule has 1 saturated carbocycles. The number of nitrogens with zero attached hydrogens (tertiary/aromatic N) is 1. The van der Waals surface area contributed by atoms with E-state index in [4.69, 9.17) is 16.7 Å². The van der Waals surface area contributed by atoms with Gasteiger partial charge in [-0.05, 0) is 37.5 Å². The maximum absolute atomic E-state index is 13.5. The molecule has 2 N–H and O–H groups in total. The third kappa shape index (κ3) is 2.96. The molecule has 3 unspecified atom stereocenters. The van der Waals surface area contributed by atoms with Crippen LogP contribution in [0.2, 0.25) is 5.02 Å². The molecule has 1 aromatic rings. The molecule has 3 rings (SSSR count). The Balaban J connectivity index is 1.65. The molecule has 1 aliphatic carbocycles. The van der Waals surface area contributed by atoms with Gasteiger partial charge in [-0.2, -0.15) is 0 Å². The summed E-state index contributed by atoms with van der Waals surface area (Å²) in [5.41, 5.74) is 0.380. The second kappa shape index (κ2) is 6.39. The molecule has 1 saturated heterocycles. The van der Waals surface area contributed by atoms with E-state index in [1.807, 2.05) is 0 Å². The lowest BCUT2D eigenvalue weighted by Gasteiger charge is -2.32. The molecule has 1 aromatic carbocycles. The summed E-state index contributed by atoms with van der Waals surface area (Å²) < 4.78 is 13.5. The normalized spacial score (nSPS) is 26.2. The van der Waals surface area contributed by atoms with E-state index < -0.39 is 35.6 Å². The highest BCUT2D eigenvalue weighted by atomic mass is 35.5. The van der Waals surface area contributed by atoms with Gasteiger partial charge in [-0.1, -0.05) is 11.6 Å². The number of carbonyl (C=O) groups excluding carboxylic acids is 2. The van der Waals surface area contributed by atoms with Gasteiger partial charge in [-0.3, -0.25) is 14.4 Å². The molecule has 0 radical (unpaired) electrons. The molecule has 0 bridgehead atoms. The number of carboxylic acid groups (broad SMARTS) is 1. The SMILES string of the molecule is O=C(O)C1CCC1C(=O)NC1CCN(c2ccc(Cl)c(F)c2)C1=O. The van der Waals surface area contributed by atoms with Gasteiger partial charge in [-0.25, -0.2) is 4.39 Å². The number of halogens is 2. The molecule has 3 atom stereocenters. The number of aliphatic carboxylic acids is 1. The number of carbonyl (C=O) groups is 3. The highest BCUT2D eigenvalue weighted by molar-refractivity contribution is 6.30. The number of hydrogen-bond acceptors (Lipinski definition) is 3. The summed E-state index contributed by atoms with van der Waals surface area (Å²) >= 11 is 5.63. The average Bonchev–Trinajstić information content (AvgIpc) is 2.81. The van der Waals surface area contributed by atoms with Gasteiger partial charge in [0.25, 0.3) is 0 Å². The molecule has 1 aliphatic heterocycles. The molecule has 2 amide bonds. The number of amides is 2. The van der Waals surface area contributed by atoms with E-state index in [1.54, 1.807) is 6.07 Å². The first-order valence-corrected chi connectivity index (χ1v) is 8.06. The van der Waals surface area contributed by atoms with Crippen molar-refractivity contribution < 1.29 is 23.9 Å². The predicted molar refractivity (Wildman–Crippen MR) is 84.2 cm³/mol. The van der Waals surface area contributed by atoms with Crippen LogP contribution < -0.4 is 10.2 Å². The zero-order valence-corrected chi connectivity index (χ0v) is 13.4. The number of benzene rings is 1. The molecule has 2 fully saturated rings. The first-order chi connectivity index (χ1) is 11.4. The van der Waals surface area contributed by atoms with Crippen molar-refractivity contribution in [1.29, 1.82) is 0 Å². The lowest BCUT2D eigenvalue weighted by atomic mass is 9.73. The number of nitrogens with one attached hydrogen (secondary N) is 1. The van der Waals surface area contributed by atoms with E-state index in [9.17, 15) is 18.8 Å². The Bertz CT molecular complexity index is 711. The summed E-state index contributed by atoms with van der Waals surface area (Å²) in [6, 6.07) is 3.37. The van der Waals surface area contributed by atoms with E-state index in [1.165, 1.54) is 17.0 Å². The van der Waals surface area contributed by atoms with Crippen LogP contribution in [0.4, 0.5) is 10.1 Å². The minimum Gasteiger partial charge on any atom is -0.481 e. The van der Waals surface area contributed by atoms with Crippen molar-refractivity contribution in [3.05, 3.63) is 29.0 Å². The fraction of sp³-hybridized carbons (Fsp3) is 0.438. The standard InChI is InChI=1S/C16H16ClFN2O4/c17-11-4-1-8(7-12(11)18)20-6-5-13(15(20)22)19-14(21)9-2-3-10(9)16(23)24/h1,4,7,9-10,13H,2-3,5-6H2,(H,19,21)(H,23,24). The topological polar surface area (TPSA) is 86.7 Å². The monoisotopic (exact) mass is 354 g/mol. The van der Waals surface area contributed by atoms with E-state index in [0.29, 0.717) is 31.5 Å². The smallest absolute Gasteiger partial charge is 0.307 e. The van der Waals surface area contributed by atoms with Gasteiger partial charge in [0, 0.05) is 12.2 Å². The lowest BCUT2D eigenvalue weighted by Crippen LogP contribution is -2.49. The Morgan fingerprint density at radius 3 is 2.54 bits per heavy atom. The number of carboxylic acids is 1. The first kappa shape index (κ1) is 16.7. The van der Waals surface area contributed by atoms with Crippen LogP contribution in [0.5, 0.6) is 0 Å². The zero-order chi connectivity index (χ0) is 17.4. The third-order valence-corrected chi connectivity index (χ3v) is 4.97. The largest absolute Gasteiger partial charge is 0.481 e. The summed E-state index contributed by atoms with van der Waals surface area (Å²) in [7, 11) is 0. The van der Waals surface area contributed by atoms with E-state index in [0.717, 1.165) is 0 Å². The molecular formula is C16H16ClFN2O4. The Morgan fingerprint density at radius 1 is 1.25 bits per heavy atom. The Hall–Kier alpha value is -2.15. The molecule has 128 valence electrons. The summed E-state index contributed by atoms with van der Waals surface area (Å²) in [5.74, 6) is -3.61. The molecule has 0 aromatic heterocycles. The minimum atomic E-state index is -0.989. The van der Waals surface area contributed by atoms with E-state index in [2.05, 4.69) is 5.32 Å². The number of hydrogen-bond donors (Lipinski definition) is 2. The van der Waals surface area contributed by atoms with Gasteiger partial charge < -0.3 is 15.3 Å². The van der Waals surface area contributed by atoms with Crippen molar-refractivity contribution in [1.82, 2.24) is 5.32 Å². The summed E-state index contributed by atoms with van der Waals surface area (Å²) in [6.07, 6.45) is 1.37. The minimum absolute atomic E-state index is 0.0278. The molecule has 2 aliphatic rings. The van der Waals surface area contributed by atoms with Gasteiger partial charge in [0.05, 0.1) is 16.9 Å². The highest BCUT2D eigenvalue weighted by Crippen LogP contribution is 2.35. The maximum atomic E-state index is 13.5. The van der Waals surface area contributed by atoms with Crippen LogP contribution in [0.1, 0.15) is 19.3 Å². The summed E-state index contributed by atoms with van der Waals surface area (Å²) in [6.45, 7) is 0.345. The van der Waals surface area contributed by atoms with Crippen molar-refractivity contribution in [2.75, 3.05) is 11.4 Å². The van der Waals surface area contributed by atoms with Crippen LogP contribution in [-0.2, 0) is 14.4 Å². The van der Waals surface area contributed by atoms with Crippen molar-refractivity contribution in [3.63, 3.8) is 0 Å². The summed E-state index contributed by atoms with van der Waals surface area (Å²) in [4.78, 5) is 37.0. The molecule has 0 spiro atoms. The van der Waals surface area contributed by atoms with Crippen molar-refractivity contribution in [2.45, 2.75) is 25.3 Å². The van der Waals surface area contributed by atoms with E-state index >= 15 is 0 Å². The van der Waals surface area contributed by atoms with Crippen LogP contribution in [0.25, 0.3) is 0 Å². The van der Waals surface area contributed by atoms with Gasteiger partial charge in [0.15, 0.2) is 0 Å². The zero-order valence-electron chi connectivity index (χ0n) is 12.7. The maximum Gasteiger partial charge on any atom is 0.307 e. The predicted octanol–water partition coefficient (Wildman–Crippen LogP) is 1.81. The fourth-order valence-corrected chi connectivity index (χ4v) is 3.23.